The molecule has 100 valence electrons. The van der Waals surface area contributed by atoms with Crippen LogP contribution in [-0.4, -0.2) is 50.3 Å². The van der Waals surface area contributed by atoms with Gasteiger partial charge in [0.2, 0.25) is 0 Å². The first-order valence-electron chi connectivity index (χ1n) is 7.43. The molecule has 0 spiro atoms. The van der Waals surface area contributed by atoms with Gasteiger partial charge in [0.05, 0.1) is 12.7 Å². The topological polar surface area (TPSA) is 24.5 Å². The molecule has 1 saturated carbocycles. The highest BCUT2D eigenvalue weighted by Crippen LogP contribution is 2.26. The normalized spacial score (nSPS) is 22.9. The van der Waals surface area contributed by atoms with Crippen LogP contribution >= 0.6 is 0 Å². The Morgan fingerprint density at radius 1 is 1.18 bits per heavy atom. The number of piperidine rings is 1. The minimum absolute atomic E-state index is 0.513. The maximum atomic E-state index is 5.97. The van der Waals surface area contributed by atoms with Gasteiger partial charge in [-0.15, -0.1) is 0 Å². The number of likely N-dealkylation sites (N-methyl/N-ethyl adjacent to an activating group) is 1. The second-order valence-corrected chi connectivity index (χ2v) is 5.51. The van der Waals surface area contributed by atoms with Gasteiger partial charge in [-0.2, -0.15) is 0 Å². The van der Waals surface area contributed by atoms with E-state index in [0.29, 0.717) is 6.10 Å². The number of rotatable bonds is 7. The van der Waals surface area contributed by atoms with E-state index in [1.165, 1.54) is 45.2 Å². The summed E-state index contributed by atoms with van der Waals surface area (Å²) in [5.74, 6) is 0.980. The first-order chi connectivity index (χ1) is 8.38. The van der Waals surface area contributed by atoms with Gasteiger partial charge in [0, 0.05) is 13.1 Å². The molecule has 1 N–H and O–H groups in total. The second-order valence-electron chi connectivity index (χ2n) is 5.51. The van der Waals surface area contributed by atoms with Gasteiger partial charge in [-0.3, -0.25) is 0 Å². The number of ether oxygens (including phenoxy) is 1. The third kappa shape index (κ3) is 4.57. The Balaban J connectivity index is 1.55. The fourth-order valence-electron chi connectivity index (χ4n) is 2.73. The van der Waals surface area contributed by atoms with Crippen molar-refractivity contribution in [3.63, 3.8) is 0 Å². The Hall–Kier alpha value is -0.120. The van der Waals surface area contributed by atoms with Crippen LogP contribution < -0.4 is 5.32 Å². The van der Waals surface area contributed by atoms with Crippen LogP contribution in [0.5, 0.6) is 0 Å². The number of nitrogens with one attached hydrogen (secondary N) is 1. The largest absolute Gasteiger partial charge is 0.377 e. The lowest BCUT2D eigenvalue weighted by Crippen LogP contribution is -2.37. The Labute approximate surface area is 106 Å². The number of hydrogen-bond donors (Lipinski definition) is 1. The molecular weight excluding hydrogens is 212 g/mol. The summed E-state index contributed by atoms with van der Waals surface area (Å²) in [6, 6.07) is 0. The Kier molecular flexibility index (Phi) is 5.75. The van der Waals surface area contributed by atoms with Crippen molar-refractivity contribution < 1.29 is 4.74 Å². The number of nitrogens with zero attached hydrogens (tertiary/aromatic N) is 1. The molecule has 0 bridgehead atoms. The summed E-state index contributed by atoms with van der Waals surface area (Å²) < 4.78 is 5.97. The summed E-state index contributed by atoms with van der Waals surface area (Å²) in [6.45, 7) is 9.04. The highest BCUT2D eigenvalue weighted by molar-refractivity contribution is 4.74. The van der Waals surface area contributed by atoms with Crippen molar-refractivity contribution in [3.05, 3.63) is 0 Å². The van der Waals surface area contributed by atoms with E-state index in [0.717, 1.165) is 32.2 Å². The van der Waals surface area contributed by atoms with E-state index in [4.69, 9.17) is 4.74 Å². The lowest BCUT2D eigenvalue weighted by Gasteiger charge is -2.32. The van der Waals surface area contributed by atoms with Gasteiger partial charge in [-0.25, -0.2) is 0 Å². The zero-order valence-electron chi connectivity index (χ0n) is 11.3. The molecule has 1 aliphatic heterocycles. The first kappa shape index (κ1) is 13.3. The van der Waals surface area contributed by atoms with Gasteiger partial charge in [0.1, 0.15) is 0 Å². The lowest BCUT2D eigenvalue weighted by atomic mass is 9.85. The summed E-state index contributed by atoms with van der Waals surface area (Å²) in [5, 5.41) is 3.38. The third-order valence-electron chi connectivity index (χ3n) is 4.24. The zero-order valence-corrected chi connectivity index (χ0v) is 11.3. The summed E-state index contributed by atoms with van der Waals surface area (Å²) in [7, 11) is 0. The maximum absolute atomic E-state index is 5.97. The molecule has 3 heteroatoms. The van der Waals surface area contributed by atoms with Crippen LogP contribution in [0, 0.1) is 5.92 Å². The number of hydrogen-bond acceptors (Lipinski definition) is 3. The van der Waals surface area contributed by atoms with Crippen LogP contribution in [0.15, 0.2) is 0 Å². The standard InChI is InChI=1S/C14H28N2O/c1-2-16(12-13-4-3-5-13)10-11-17-14-6-8-15-9-7-14/h13-15H,2-12H2,1H3. The molecule has 0 aromatic heterocycles. The third-order valence-corrected chi connectivity index (χ3v) is 4.24. The SMILES string of the molecule is CCN(CCOC1CCNCC1)CC1CCC1. The fourth-order valence-corrected chi connectivity index (χ4v) is 2.73. The molecule has 0 unspecified atom stereocenters. The minimum atomic E-state index is 0.513. The van der Waals surface area contributed by atoms with Crippen molar-refractivity contribution in [3.8, 4) is 0 Å². The zero-order chi connectivity index (χ0) is 11.9. The van der Waals surface area contributed by atoms with E-state index in [2.05, 4.69) is 17.1 Å². The lowest BCUT2D eigenvalue weighted by molar-refractivity contribution is 0.0171. The van der Waals surface area contributed by atoms with Crippen molar-refractivity contribution in [2.45, 2.75) is 45.1 Å². The van der Waals surface area contributed by atoms with E-state index in [1.54, 1.807) is 0 Å². The highest BCUT2D eigenvalue weighted by Gasteiger charge is 2.20. The minimum Gasteiger partial charge on any atom is -0.377 e. The predicted molar refractivity (Wildman–Crippen MR) is 71.3 cm³/mol. The second kappa shape index (κ2) is 7.34. The van der Waals surface area contributed by atoms with Crippen molar-refractivity contribution in [1.29, 1.82) is 0 Å². The van der Waals surface area contributed by atoms with Gasteiger partial charge in [0.15, 0.2) is 0 Å². The van der Waals surface area contributed by atoms with Crippen molar-refractivity contribution >= 4 is 0 Å². The van der Waals surface area contributed by atoms with Gasteiger partial charge >= 0.3 is 0 Å². The molecule has 2 aliphatic rings. The van der Waals surface area contributed by atoms with E-state index in [9.17, 15) is 0 Å². The quantitative estimate of drug-likeness (QED) is 0.735. The first-order valence-corrected chi connectivity index (χ1v) is 7.43. The van der Waals surface area contributed by atoms with Gasteiger partial charge in [-0.05, 0) is 51.2 Å². The molecule has 1 aliphatic carbocycles. The van der Waals surface area contributed by atoms with Crippen molar-refractivity contribution in [2.75, 3.05) is 39.3 Å². The average Bonchev–Trinajstić information content (AvgIpc) is 2.32. The molecule has 17 heavy (non-hydrogen) atoms. The van der Waals surface area contributed by atoms with E-state index in [1.807, 2.05) is 0 Å². The van der Waals surface area contributed by atoms with Crippen LogP contribution in [-0.2, 0) is 4.74 Å². The molecule has 0 aromatic rings. The van der Waals surface area contributed by atoms with E-state index < -0.39 is 0 Å². The molecule has 0 amide bonds. The molecular formula is C14H28N2O. The van der Waals surface area contributed by atoms with E-state index >= 15 is 0 Å². The Morgan fingerprint density at radius 2 is 1.94 bits per heavy atom. The van der Waals surface area contributed by atoms with Crippen LogP contribution in [0.4, 0.5) is 0 Å². The fraction of sp³-hybridized carbons (Fsp3) is 1.00. The van der Waals surface area contributed by atoms with E-state index in [-0.39, 0.29) is 0 Å². The highest BCUT2D eigenvalue weighted by atomic mass is 16.5. The predicted octanol–water partition coefficient (Wildman–Crippen LogP) is 1.88. The van der Waals surface area contributed by atoms with Gasteiger partial charge in [0.25, 0.3) is 0 Å². The van der Waals surface area contributed by atoms with Crippen LogP contribution in [0.1, 0.15) is 39.0 Å². The van der Waals surface area contributed by atoms with Crippen LogP contribution in [0.25, 0.3) is 0 Å². The Bertz CT molecular complexity index is 200. The van der Waals surface area contributed by atoms with Gasteiger partial charge < -0.3 is 15.0 Å². The summed E-state index contributed by atoms with van der Waals surface area (Å²) in [6.07, 6.45) is 7.24. The molecule has 0 radical (unpaired) electrons. The monoisotopic (exact) mass is 240 g/mol. The molecule has 3 nitrogen and oxygen atoms in total. The summed E-state index contributed by atoms with van der Waals surface area (Å²) >= 11 is 0. The maximum Gasteiger partial charge on any atom is 0.0600 e. The summed E-state index contributed by atoms with van der Waals surface area (Å²) in [4.78, 5) is 2.56. The molecule has 1 saturated heterocycles. The van der Waals surface area contributed by atoms with Crippen LogP contribution in [0.3, 0.4) is 0 Å². The molecule has 2 rings (SSSR count). The molecule has 0 atom stereocenters. The average molecular weight is 240 g/mol. The smallest absolute Gasteiger partial charge is 0.0600 e. The molecule has 1 heterocycles. The molecule has 2 fully saturated rings. The summed E-state index contributed by atoms with van der Waals surface area (Å²) in [5.41, 5.74) is 0. The van der Waals surface area contributed by atoms with Crippen molar-refractivity contribution in [2.24, 2.45) is 5.92 Å². The molecule has 0 aromatic carbocycles. The van der Waals surface area contributed by atoms with Gasteiger partial charge in [-0.1, -0.05) is 13.3 Å². The van der Waals surface area contributed by atoms with Crippen LogP contribution in [0.2, 0.25) is 0 Å². The van der Waals surface area contributed by atoms with Crippen molar-refractivity contribution in [1.82, 2.24) is 10.2 Å². The Morgan fingerprint density at radius 3 is 2.53 bits per heavy atom.